The van der Waals surface area contributed by atoms with E-state index in [4.69, 9.17) is 10.5 Å². The Hall–Kier alpha value is -2.63. The molecule has 0 atom stereocenters. The fourth-order valence-corrected chi connectivity index (χ4v) is 1.86. The Morgan fingerprint density at radius 3 is 2.95 bits per heavy atom. The minimum absolute atomic E-state index is 0.0244. The van der Waals surface area contributed by atoms with Gasteiger partial charge in [-0.2, -0.15) is 0 Å². The molecule has 0 fully saturated rings. The van der Waals surface area contributed by atoms with E-state index in [1.807, 2.05) is 6.92 Å². The van der Waals surface area contributed by atoms with Crippen molar-refractivity contribution in [3.63, 3.8) is 0 Å². The average Bonchev–Trinajstić information content (AvgIpc) is 2.80. The van der Waals surface area contributed by atoms with Crippen molar-refractivity contribution in [2.45, 2.75) is 6.92 Å². The van der Waals surface area contributed by atoms with Gasteiger partial charge in [-0.25, -0.2) is 4.39 Å². The number of anilines is 1. The zero-order valence-electron chi connectivity index (χ0n) is 10.1. The number of ether oxygens (including phenoxy) is 1. The maximum absolute atomic E-state index is 14.0. The van der Waals surface area contributed by atoms with Gasteiger partial charge in [-0.3, -0.25) is 10.1 Å². The number of rotatable bonds is 2. The molecule has 6 heteroatoms. The highest BCUT2D eigenvalue weighted by Gasteiger charge is 2.15. The number of aryl methyl sites for hydroxylation is 1. The number of pyridine rings is 1. The van der Waals surface area contributed by atoms with Gasteiger partial charge in [0.1, 0.15) is 5.52 Å². The number of nitrogens with two attached hydrogens (primary N) is 1. The molecule has 0 radical (unpaired) electrons. The van der Waals surface area contributed by atoms with Crippen molar-refractivity contribution < 1.29 is 9.13 Å². The third kappa shape index (κ3) is 1.97. The van der Waals surface area contributed by atoms with E-state index in [1.165, 1.54) is 6.07 Å². The van der Waals surface area contributed by atoms with Crippen molar-refractivity contribution in [1.29, 1.82) is 0 Å². The SMILES string of the molecule is Cc1cc(Oc2c(F)cc(N)c3cccnc23)n[nH]1. The largest absolute Gasteiger partial charge is 0.432 e. The summed E-state index contributed by atoms with van der Waals surface area (Å²) in [5, 5.41) is 7.28. The first-order valence-corrected chi connectivity index (χ1v) is 5.67. The summed E-state index contributed by atoms with van der Waals surface area (Å²) in [7, 11) is 0. The van der Waals surface area contributed by atoms with Gasteiger partial charge in [0.2, 0.25) is 5.88 Å². The van der Waals surface area contributed by atoms with Gasteiger partial charge in [0.15, 0.2) is 11.6 Å². The van der Waals surface area contributed by atoms with Crippen LogP contribution < -0.4 is 10.5 Å². The number of hydrogen-bond acceptors (Lipinski definition) is 4. The first-order chi connectivity index (χ1) is 9.15. The van der Waals surface area contributed by atoms with Gasteiger partial charge < -0.3 is 10.5 Å². The highest BCUT2D eigenvalue weighted by molar-refractivity contribution is 5.94. The molecule has 0 aliphatic rings. The molecule has 0 saturated carbocycles. The van der Waals surface area contributed by atoms with Crippen LogP contribution in [0.5, 0.6) is 11.6 Å². The molecule has 0 aliphatic carbocycles. The molecule has 2 heterocycles. The molecule has 0 spiro atoms. The van der Waals surface area contributed by atoms with Gasteiger partial charge in [-0.15, -0.1) is 5.10 Å². The number of hydrogen-bond donors (Lipinski definition) is 2. The van der Waals surface area contributed by atoms with Crippen LogP contribution in [0, 0.1) is 12.7 Å². The Labute approximate surface area is 108 Å². The van der Waals surface area contributed by atoms with Crippen molar-refractivity contribution in [3.8, 4) is 11.6 Å². The average molecular weight is 258 g/mol. The molecule has 3 rings (SSSR count). The van der Waals surface area contributed by atoms with Crippen LogP contribution in [-0.2, 0) is 0 Å². The summed E-state index contributed by atoms with van der Waals surface area (Å²) in [6, 6.07) is 6.39. The monoisotopic (exact) mass is 258 g/mol. The molecule has 2 aromatic heterocycles. The molecule has 96 valence electrons. The molecule has 1 aromatic carbocycles. The summed E-state index contributed by atoms with van der Waals surface area (Å²) in [5.41, 5.74) is 7.29. The molecule has 19 heavy (non-hydrogen) atoms. The van der Waals surface area contributed by atoms with E-state index in [-0.39, 0.29) is 11.6 Å². The number of nitrogens with zero attached hydrogens (tertiary/aromatic N) is 2. The first kappa shape index (κ1) is 11.5. The smallest absolute Gasteiger partial charge is 0.238 e. The third-order valence-electron chi connectivity index (χ3n) is 2.72. The van der Waals surface area contributed by atoms with E-state index in [0.29, 0.717) is 16.6 Å². The zero-order chi connectivity index (χ0) is 13.4. The number of aromatic nitrogens is 3. The quantitative estimate of drug-likeness (QED) is 0.693. The molecular formula is C13H11FN4O. The Bertz CT molecular complexity index is 753. The zero-order valence-corrected chi connectivity index (χ0v) is 10.1. The lowest BCUT2D eigenvalue weighted by atomic mass is 10.1. The standard InChI is InChI=1S/C13H11FN4O/c1-7-5-11(18-17-7)19-13-9(14)6-10(15)8-3-2-4-16-12(8)13/h2-6H,15H2,1H3,(H,17,18). The summed E-state index contributed by atoms with van der Waals surface area (Å²) < 4.78 is 19.5. The van der Waals surface area contributed by atoms with E-state index in [2.05, 4.69) is 15.2 Å². The van der Waals surface area contributed by atoms with Crippen LogP contribution in [0.25, 0.3) is 10.9 Å². The van der Waals surface area contributed by atoms with Crippen LogP contribution in [0.3, 0.4) is 0 Å². The summed E-state index contributed by atoms with van der Waals surface area (Å²) in [4.78, 5) is 4.12. The maximum Gasteiger partial charge on any atom is 0.238 e. The number of aromatic amines is 1. The topological polar surface area (TPSA) is 76.8 Å². The van der Waals surface area contributed by atoms with Gasteiger partial charge in [0, 0.05) is 35.1 Å². The Balaban J connectivity index is 2.17. The fraction of sp³-hybridized carbons (Fsp3) is 0.0769. The van der Waals surface area contributed by atoms with Crippen LogP contribution in [0.4, 0.5) is 10.1 Å². The van der Waals surface area contributed by atoms with E-state index in [1.54, 1.807) is 24.4 Å². The van der Waals surface area contributed by atoms with Crippen LogP contribution in [0.1, 0.15) is 5.69 Å². The van der Waals surface area contributed by atoms with Crippen molar-refractivity contribution in [1.82, 2.24) is 15.2 Å². The molecule has 5 nitrogen and oxygen atoms in total. The second-order valence-electron chi connectivity index (χ2n) is 4.17. The molecule has 0 amide bonds. The van der Waals surface area contributed by atoms with Gasteiger partial charge >= 0.3 is 0 Å². The fourth-order valence-electron chi connectivity index (χ4n) is 1.86. The van der Waals surface area contributed by atoms with Crippen molar-refractivity contribution in [2.24, 2.45) is 0 Å². The summed E-state index contributed by atoms with van der Waals surface area (Å²) in [5.74, 6) is -0.256. The van der Waals surface area contributed by atoms with Crippen molar-refractivity contribution >= 4 is 16.6 Å². The molecular weight excluding hydrogens is 247 g/mol. The van der Waals surface area contributed by atoms with Crippen molar-refractivity contribution in [3.05, 3.63) is 42.0 Å². The molecule has 0 bridgehead atoms. The Morgan fingerprint density at radius 1 is 1.37 bits per heavy atom. The molecule has 3 N–H and O–H groups in total. The van der Waals surface area contributed by atoms with Crippen LogP contribution in [0.15, 0.2) is 30.5 Å². The van der Waals surface area contributed by atoms with Crippen molar-refractivity contribution in [2.75, 3.05) is 5.73 Å². The van der Waals surface area contributed by atoms with Gasteiger partial charge in [0.25, 0.3) is 0 Å². The van der Waals surface area contributed by atoms with E-state index in [0.717, 1.165) is 5.69 Å². The molecule has 3 aromatic rings. The second kappa shape index (κ2) is 4.24. The number of fused-ring (bicyclic) bond motifs is 1. The van der Waals surface area contributed by atoms with E-state index in [9.17, 15) is 4.39 Å². The van der Waals surface area contributed by atoms with Gasteiger partial charge in [0.05, 0.1) is 0 Å². The van der Waals surface area contributed by atoms with Gasteiger partial charge in [-0.05, 0) is 19.1 Å². The normalized spacial score (nSPS) is 10.8. The van der Waals surface area contributed by atoms with Crippen LogP contribution >= 0.6 is 0 Å². The number of benzene rings is 1. The predicted octanol–water partition coefficient (Wildman–Crippen LogP) is 2.78. The number of H-pyrrole nitrogens is 1. The van der Waals surface area contributed by atoms with E-state index >= 15 is 0 Å². The Kier molecular flexibility index (Phi) is 2.56. The lowest BCUT2D eigenvalue weighted by molar-refractivity contribution is 0.431. The highest BCUT2D eigenvalue weighted by atomic mass is 19.1. The van der Waals surface area contributed by atoms with Crippen LogP contribution in [0.2, 0.25) is 0 Å². The minimum atomic E-state index is -0.565. The summed E-state index contributed by atoms with van der Waals surface area (Å²) >= 11 is 0. The molecule has 0 aliphatic heterocycles. The summed E-state index contributed by atoms with van der Waals surface area (Å²) in [6.07, 6.45) is 1.56. The minimum Gasteiger partial charge on any atom is -0.432 e. The lowest BCUT2D eigenvalue weighted by Crippen LogP contribution is -1.96. The van der Waals surface area contributed by atoms with E-state index < -0.39 is 5.82 Å². The first-order valence-electron chi connectivity index (χ1n) is 5.67. The van der Waals surface area contributed by atoms with Gasteiger partial charge in [-0.1, -0.05) is 0 Å². The molecule has 0 unspecified atom stereocenters. The third-order valence-corrected chi connectivity index (χ3v) is 2.72. The summed E-state index contributed by atoms with van der Waals surface area (Å²) in [6.45, 7) is 1.83. The number of halogens is 1. The van der Waals surface area contributed by atoms with Crippen LogP contribution in [-0.4, -0.2) is 15.2 Å². The highest BCUT2D eigenvalue weighted by Crippen LogP contribution is 2.34. The maximum atomic E-state index is 14.0. The second-order valence-corrected chi connectivity index (χ2v) is 4.17. The predicted molar refractivity (Wildman–Crippen MR) is 69.5 cm³/mol. The Morgan fingerprint density at radius 2 is 2.21 bits per heavy atom. The number of nitrogens with one attached hydrogen (secondary N) is 1. The lowest BCUT2D eigenvalue weighted by Gasteiger charge is -2.08. The number of nitrogen functional groups attached to an aromatic ring is 1. The molecule has 0 saturated heterocycles.